The van der Waals surface area contributed by atoms with Gasteiger partial charge < -0.3 is 20.5 Å². The lowest BCUT2D eigenvalue weighted by Crippen LogP contribution is -2.74. The third-order valence-corrected chi connectivity index (χ3v) is 8.75. The number of likely N-dealkylation sites (tertiary alicyclic amines) is 1. The number of H-pyrrole nitrogens is 1. The topological polar surface area (TPSA) is 123 Å². The zero-order valence-electron chi connectivity index (χ0n) is 19.9. The molecule has 1 saturated carbocycles. The van der Waals surface area contributed by atoms with Crippen LogP contribution in [-0.2, 0) is 29.5 Å². The largest absolute Gasteiger partial charge is 0.508 e. The zero-order chi connectivity index (χ0) is 24.5. The molecule has 0 unspecified atom stereocenters. The molecule has 2 fully saturated rings. The van der Waals surface area contributed by atoms with E-state index in [9.17, 15) is 24.6 Å². The summed E-state index contributed by atoms with van der Waals surface area (Å²) in [7, 11) is 0. The van der Waals surface area contributed by atoms with Crippen LogP contribution in [0.1, 0.15) is 58.9 Å². The molecule has 35 heavy (non-hydrogen) atoms. The summed E-state index contributed by atoms with van der Waals surface area (Å²) in [6.45, 7) is 3.08. The zero-order valence-corrected chi connectivity index (χ0v) is 19.9. The van der Waals surface area contributed by atoms with Gasteiger partial charge in [0.05, 0.1) is 12.1 Å². The molecule has 8 heteroatoms. The number of aromatic nitrogens is 1. The van der Waals surface area contributed by atoms with Crippen LogP contribution in [0, 0.1) is 5.92 Å². The van der Waals surface area contributed by atoms with Gasteiger partial charge in [0.25, 0.3) is 11.5 Å². The molecule has 0 radical (unpaired) electrons. The number of hydrogen-bond donors (Lipinski definition) is 4. The van der Waals surface area contributed by atoms with Gasteiger partial charge in [0.2, 0.25) is 0 Å². The molecule has 2 aromatic rings. The molecule has 2 bridgehead atoms. The molecule has 4 aliphatic rings. The number of nitrogens with zero attached hydrogens (tertiary/aromatic N) is 1. The van der Waals surface area contributed by atoms with E-state index in [0.717, 1.165) is 41.9 Å². The molecular formula is C27H31N3O5. The second-order valence-corrected chi connectivity index (χ2v) is 11.0. The van der Waals surface area contributed by atoms with Gasteiger partial charge in [-0.1, -0.05) is 6.07 Å². The van der Waals surface area contributed by atoms with E-state index in [1.165, 1.54) is 19.8 Å². The number of rotatable bonds is 5. The number of piperidine rings is 1. The SMILES string of the molecule is CC(=O)CNC(=O)c1cc2c([nH]c1=O)C[C@]13CCN(CC4CC4)[C@H](Cc4ccc(O)cc41)[C@]3(O)C2. The second-order valence-electron chi connectivity index (χ2n) is 11.0. The Hall–Kier alpha value is -2.97. The van der Waals surface area contributed by atoms with Gasteiger partial charge in [-0.3, -0.25) is 19.3 Å². The highest BCUT2D eigenvalue weighted by Gasteiger charge is 2.64. The summed E-state index contributed by atoms with van der Waals surface area (Å²) in [5.41, 5.74) is 1.34. The number of ketones is 1. The minimum absolute atomic E-state index is 0.0431. The molecule has 1 aliphatic heterocycles. The molecule has 6 rings (SSSR count). The van der Waals surface area contributed by atoms with Gasteiger partial charge in [-0.2, -0.15) is 0 Å². The summed E-state index contributed by atoms with van der Waals surface area (Å²) in [4.78, 5) is 42.1. The van der Waals surface area contributed by atoms with E-state index >= 15 is 0 Å². The third-order valence-electron chi connectivity index (χ3n) is 8.75. The van der Waals surface area contributed by atoms with Crippen molar-refractivity contribution in [2.75, 3.05) is 19.6 Å². The highest BCUT2D eigenvalue weighted by Crippen LogP contribution is 2.57. The van der Waals surface area contributed by atoms with Crippen molar-refractivity contribution in [1.82, 2.24) is 15.2 Å². The average molecular weight is 478 g/mol. The number of Topliss-reactive ketones (excluding diaryl/α,β-unsaturated/α-hetero) is 1. The number of carbonyl (C=O) groups excluding carboxylic acids is 2. The van der Waals surface area contributed by atoms with Crippen molar-refractivity contribution < 1.29 is 19.8 Å². The van der Waals surface area contributed by atoms with Crippen LogP contribution in [-0.4, -0.2) is 63.1 Å². The molecule has 1 aromatic heterocycles. The minimum Gasteiger partial charge on any atom is -0.508 e. The van der Waals surface area contributed by atoms with Crippen LogP contribution in [0.3, 0.4) is 0 Å². The van der Waals surface area contributed by atoms with Crippen molar-refractivity contribution in [3.05, 3.63) is 62.6 Å². The van der Waals surface area contributed by atoms with Crippen LogP contribution in [0.4, 0.5) is 0 Å². The van der Waals surface area contributed by atoms with Gasteiger partial charge >= 0.3 is 0 Å². The normalized spacial score (nSPS) is 29.0. The van der Waals surface area contributed by atoms with E-state index < -0.39 is 22.5 Å². The summed E-state index contributed by atoms with van der Waals surface area (Å²) in [6, 6.07) is 6.99. The highest BCUT2D eigenvalue weighted by molar-refractivity contribution is 5.96. The lowest BCUT2D eigenvalue weighted by molar-refractivity contribution is -0.152. The second kappa shape index (κ2) is 7.77. The van der Waals surface area contributed by atoms with E-state index in [1.807, 2.05) is 6.07 Å². The first-order chi connectivity index (χ1) is 16.7. The summed E-state index contributed by atoms with van der Waals surface area (Å²) >= 11 is 0. The molecule has 0 spiro atoms. The van der Waals surface area contributed by atoms with E-state index in [0.29, 0.717) is 25.2 Å². The first-order valence-electron chi connectivity index (χ1n) is 12.5. The Labute approximate surface area is 203 Å². The summed E-state index contributed by atoms with van der Waals surface area (Å²) in [5, 5.41) is 25.4. The molecule has 1 aromatic carbocycles. The van der Waals surface area contributed by atoms with Crippen molar-refractivity contribution in [3.63, 3.8) is 0 Å². The molecule has 1 saturated heterocycles. The van der Waals surface area contributed by atoms with Crippen molar-refractivity contribution >= 4 is 11.7 Å². The van der Waals surface area contributed by atoms with Gasteiger partial charge in [-0.25, -0.2) is 0 Å². The Bertz CT molecular complexity index is 1300. The van der Waals surface area contributed by atoms with Crippen LogP contribution >= 0.6 is 0 Å². The van der Waals surface area contributed by atoms with E-state index in [-0.39, 0.29) is 29.7 Å². The monoisotopic (exact) mass is 477 g/mol. The molecular weight excluding hydrogens is 446 g/mol. The first-order valence-corrected chi connectivity index (χ1v) is 12.5. The fourth-order valence-corrected chi connectivity index (χ4v) is 6.85. The number of phenols is 1. The smallest absolute Gasteiger partial charge is 0.261 e. The predicted molar refractivity (Wildman–Crippen MR) is 129 cm³/mol. The number of aliphatic hydroxyl groups is 1. The number of amides is 1. The van der Waals surface area contributed by atoms with Gasteiger partial charge in [-0.15, -0.1) is 0 Å². The Morgan fingerprint density at radius 2 is 2.00 bits per heavy atom. The van der Waals surface area contributed by atoms with Crippen LogP contribution in [0.2, 0.25) is 0 Å². The van der Waals surface area contributed by atoms with Gasteiger partial charge in [0.15, 0.2) is 0 Å². The Morgan fingerprint density at radius 3 is 2.74 bits per heavy atom. The van der Waals surface area contributed by atoms with Crippen LogP contribution in [0.25, 0.3) is 0 Å². The van der Waals surface area contributed by atoms with Gasteiger partial charge in [0.1, 0.15) is 17.1 Å². The third kappa shape index (κ3) is 3.45. The quantitative estimate of drug-likeness (QED) is 0.514. The molecule has 184 valence electrons. The molecule has 1 amide bonds. The number of hydrogen-bond acceptors (Lipinski definition) is 6. The van der Waals surface area contributed by atoms with Crippen LogP contribution in [0.15, 0.2) is 29.1 Å². The first kappa shape index (κ1) is 22.5. The fraction of sp³-hybridized carbons (Fsp3) is 0.519. The summed E-state index contributed by atoms with van der Waals surface area (Å²) in [6.07, 6.45) is 4.65. The van der Waals surface area contributed by atoms with Crippen molar-refractivity contribution in [1.29, 1.82) is 0 Å². The van der Waals surface area contributed by atoms with Crippen molar-refractivity contribution in [2.24, 2.45) is 5.92 Å². The lowest BCUT2D eigenvalue weighted by Gasteiger charge is -2.63. The minimum atomic E-state index is -1.10. The standard InChI is InChI=1S/C27H31N3O5/c1-15(31)13-28-24(33)20-8-18-11-27(35)23-9-17-4-5-19(32)10-21(17)26(27,12-22(18)29-25(20)34)6-7-30(23)14-16-2-3-16/h4-5,8,10,16,23,32,35H,2-3,6-7,9,11-14H2,1H3,(H,28,33)(H,29,34)/t23-,26-,27-/m1/s1. The molecule has 8 nitrogen and oxygen atoms in total. The number of fused-ring (bicyclic) bond motifs is 2. The van der Waals surface area contributed by atoms with E-state index in [4.69, 9.17) is 0 Å². The van der Waals surface area contributed by atoms with Gasteiger partial charge in [-0.05, 0) is 80.0 Å². The Balaban J connectivity index is 1.45. The summed E-state index contributed by atoms with van der Waals surface area (Å²) in [5.74, 6) is 0.0786. The van der Waals surface area contributed by atoms with Gasteiger partial charge in [0, 0.05) is 36.5 Å². The number of nitrogens with one attached hydrogen (secondary N) is 2. The predicted octanol–water partition coefficient (Wildman–Crippen LogP) is 1.21. The Morgan fingerprint density at radius 1 is 1.20 bits per heavy atom. The van der Waals surface area contributed by atoms with Crippen molar-refractivity contribution in [2.45, 2.75) is 62.5 Å². The Kier molecular flexibility index (Phi) is 4.99. The lowest BCUT2D eigenvalue weighted by atomic mass is 9.49. The number of carbonyl (C=O) groups is 2. The highest BCUT2D eigenvalue weighted by atomic mass is 16.3. The van der Waals surface area contributed by atoms with E-state index in [1.54, 1.807) is 18.2 Å². The number of pyridine rings is 1. The van der Waals surface area contributed by atoms with Crippen LogP contribution in [0.5, 0.6) is 5.75 Å². The molecule has 3 atom stereocenters. The number of aromatic amines is 1. The maximum atomic E-state index is 12.9. The fourth-order valence-electron chi connectivity index (χ4n) is 6.85. The molecule has 4 N–H and O–H groups in total. The van der Waals surface area contributed by atoms with Crippen LogP contribution < -0.4 is 10.9 Å². The maximum absolute atomic E-state index is 12.9. The maximum Gasteiger partial charge on any atom is 0.261 e. The van der Waals surface area contributed by atoms with E-state index in [2.05, 4.69) is 15.2 Å². The average Bonchev–Trinajstić information content (AvgIpc) is 3.62. The molecule has 2 heterocycles. The number of benzene rings is 1. The van der Waals surface area contributed by atoms with Crippen molar-refractivity contribution in [3.8, 4) is 5.75 Å². The number of phenolic OH excluding ortho intramolecular Hbond substituents is 1. The number of aromatic hydroxyl groups is 1. The summed E-state index contributed by atoms with van der Waals surface area (Å²) < 4.78 is 0. The molecule has 3 aliphatic carbocycles.